The van der Waals surface area contributed by atoms with Gasteiger partial charge in [-0.25, -0.2) is 8.42 Å². The van der Waals surface area contributed by atoms with Gasteiger partial charge in [0, 0.05) is 23.2 Å². The van der Waals surface area contributed by atoms with Crippen molar-refractivity contribution in [1.82, 2.24) is 4.31 Å². The van der Waals surface area contributed by atoms with Crippen LogP contribution in [0.1, 0.15) is 13.3 Å². The molecule has 0 radical (unpaired) electrons. The number of aliphatic hydroxyl groups excluding tert-OH is 1. The lowest BCUT2D eigenvalue weighted by molar-refractivity contribution is 0.0628. The number of sulfonamides is 1. The molecule has 7 heteroatoms. The van der Waals surface area contributed by atoms with Crippen molar-refractivity contribution < 1.29 is 13.5 Å². The smallest absolute Gasteiger partial charge is 0.244 e. The molecule has 1 saturated heterocycles. The predicted octanol–water partition coefficient (Wildman–Crippen LogP) is 1.42. The molecule has 5 nitrogen and oxygen atoms in total. The number of halogens is 1. The summed E-state index contributed by atoms with van der Waals surface area (Å²) in [5, 5.41) is 9.68. The summed E-state index contributed by atoms with van der Waals surface area (Å²) in [6.07, 6.45) is 0.0242. The maximum atomic E-state index is 12.6. The second kappa shape index (κ2) is 5.40. The molecule has 106 valence electrons. The quantitative estimate of drug-likeness (QED) is 0.791. The average Bonchev–Trinajstić information content (AvgIpc) is 2.35. The second-order valence-corrected chi connectivity index (χ2v) is 7.65. The monoisotopic (exact) mass is 348 g/mol. The number of anilines is 1. The molecule has 2 atom stereocenters. The van der Waals surface area contributed by atoms with E-state index in [1.165, 1.54) is 10.4 Å². The highest BCUT2D eigenvalue weighted by Crippen LogP contribution is 2.29. The summed E-state index contributed by atoms with van der Waals surface area (Å²) < 4.78 is 27.0. The number of nitrogens with two attached hydrogens (primary N) is 1. The largest absolute Gasteiger partial charge is 0.399 e. The Bertz CT molecular complexity index is 576. The van der Waals surface area contributed by atoms with Gasteiger partial charge in [-0.05, 0) is 46.5 Å². The highest BCUT2D eigenvalue weighted by Gasteiger charge is 2.33. The number of hydrogen-bond acceptors (Lipinski definition) is 4. The van der Waals surface area contributed by atoms with E-state index in [2.05, 4.69) is 15.9 Å². The fourth-order valence-electron chi connectivity index (χ4n) is 2.17. The summed E-state index contributed by atoms with van der Waals surface area (Å²) in [7, 11) is -3.58. The maximum absolute atomic E-state index is 12.6. The molecule has 3 N–H and O–H groups in total. The fourth-order valence-corrected chi connectivity index (χ4v) is 4.69. The molecule has 1 heterocycles. The van der Waals surface area contributed by atoms with Crippen molar-refractivity contribution in [3.63, 3.8) is 0 Å². The van der Waals surface area contributed by atoms with Crippen LogP contribution in [0.4, 0.5) is 5.69 Å². The van der Waals surface area contributed by atoms with E-state index in [9.17, 15) is 13.5 Å². The van der Waals surface area contributed by atoms with Gasteiger partial charge in [0.05, 0.1) is 11.0 Å². The number of piperidine rings is 1. The molecule has 1 aromatic rings. The molecule has 0 bridgehead atoms. The van der Waals surface area contributed by atoms with E-state index < -0.39 is 16.1 Å². The lowest BCUT2D eigenvalue weighted by Gasteiger charge is -2.33. The van der Waals surface area contributed by atoms with Gasteiger partial charge in [-0.2, -0.15) is 4.31 Å². The Morgan fingerprint density at radius 1 is 1.47 bits per heavy atom. The average molecular weight is 349 g/mol. The third-order valence-electron chi connectivity index (χ3n) is 3.40. The van der Waals surface area contributed by atoms with Gasteiger partial charge in [0.25, 0.3) is 0 Å². The van der Waals surface area contributed by atoms with Gasteiger partial charge >= 0.3 is 0 Å². The standard InChI is InChI=1S/C12H17BrN2O3S/c1-8-7-15(5-4-11(8)16)19(17,18)12-6-9(14)2-3-10(12)13/h2-3,6,8,11,16H,4-5,7,14H2,1H3. The zero-order valence-corrected chi connectivity index (χ0v) is 13.0. The first kappa shape index (κ1) is 14.8. The Hall–Kier alpha value is -0.630. The summed E-state index contributed by atoms with van der Waals surface area (Å²) in [6.45, 7) is 2.50. The Kier molecular flexibility index (Phi) is 4.20. The topological polar surface area (TPSA) is 83.6 Å². The van der Waals surface area contributed by atoms with Crippen molar-refractivity contribution in [2.75, 3.05) is 18.8 Å². The van der Waals surface area contributed by atoms with Gasteiger partial charge in [-0.15, -0.1) is 0 Å². The van der Waals surface area contributed by atoms with Crippen LogP contribution >= 0.6 is 15.9 Å². The molecular formula is C12H17BrN2O3S. The predicted molar refractivity (Wildman–Crippen MR) is 77.1 cm³/mol. The van der Waals surface area contributed by atoms with Gasteiger partial charge in [0.1, 0.15) is 0 Å². The number of rotatable bonds is 2. The van der Waals surface area contributed by atoms with E-state index in [1.807, 2.05) is 6.92 Å². The summed E-state index contributed by atoms with van der Waals surface area (Å²) in [4.78, 5) is 0.177. The Balaban J connectivity index is 2.35. The van der Waals surface area contributed by atoms with Gasteiger partial charge in [0.2, 0.25) is 10.0 Å². The molecule has 1 aliphatic heterocycles. The minimum Gasteiger partial charge on any atom is -0.399 e. The van der Waals surface area contributed by atoms with E-state index >= 15 is 0 Å². The van der Waals surface area contributed by atoms with Crippen LogP contribution in [0.3, 0.4) is 0 Å². The zero-order chi connectivity index (χ0) is 14.2. The highest BCUT2D eigenvalue weighted by atomic mass is 79.9. The molecular weight excluding hydrogens is 332 g/mol. The Morgan fingerprint density at radius 2 is 2.16 bits per heavy atom. The minimum absolute atomic E-state index is 0.0663. The molecule has 0 aromatic heterocycles. The Morgan fingerprint density at radius 3 is 2.79 bits per heavy atom. The third kappa shape index (κ3) is 2.94. The van der Waals surface area contributed by atoms with Crippen LogP contribution in [-0.4, -0.2) is 37.0 Å². The van der Waals surface area contributed by atoms with E-state index in [-0.39, 0.29) is 10.8 Å². The van der Waals surface area contributed by atoms with Crippen LogP contribution < -0.4 is 5.73 Å². The summed E-state index contributed by atoms with van der Waals surface area (Å²) >= 11 is 3.25. The normalized spacial score (nSPS) is 25.4. The summed E-state index contributed by atoms with van der Waals surface area (Å²) in [5.74, 6) is -0.0663. The van der Waals surface area contributed by atoms with Crippen molar-refractivity contribution in [2.45, 2.75) is 24.3 Å². The summed E-state index contributed by atoms with van der Waals surface area (Å²) in [6, 6.07) is 4.73. The maximum Gasteiger partial charge on any atom is 0.244 e. The first-order valence-electron chi connectivity index (χ1n) is 6.05. The lowest BCUT2D eigenvalue weighted by atomic mass is 9.99. The second-order valence-electron chi connectivity index (χ2n) is 4.89. The number of aliphatic hydroxyl groups is 1. The number of nitrogens with zero attached hydrogens (tertiary/aromatic N) is 1. The lowest BCUT2D eigenvalue weighted by Crippen LogP contribution is -2.44. The molecule has 1 aromatic carbocycles. The molecule has 0 amide bonds. The van der Waals surface area contributed by atoms with E-state index in [4.69, 9.17) is 5.73 Å². The highest BCUT2D eigenvalue weighted by molar-refractivity contribution is 9.10. The van der Waals surface area contributed by atoms with Gasteiger partial charge in [0.15, 0.2) is 0 Å². The van der Waals surface area contributed by atoms with Crippen LogP contribution in [0.15, 0.2) is 27.6 Å². The van der Waals surface area contributed by atoms with Crippen molar-refractivity contribution >= 4 is 31.6 Å². The Labute approximate surface area is 121 Å². The SMILES string of the molecule is CC1CN(S(=O)(=O)c2cc(N)ccc2Br)CCC1O. The van der Waals surface area contributed by atoms with Crippen molar-refractivity contribution in [2.24, 2.45) is 5.92 Å². The van der Waals surface area contributed by atoms with Gasteiger partial charge < -0.3 is 10.8 Å². The fraction of sp³-hybridized carbons (Fsp3) is 0.500. The molecule has 0 saturated carbocycles. The number of nitrogen functional groups attached to an aromatic ring is 1. The molecule has 1 fully saturated rings. The molecule has 0 spiro atoms. The summed E-state index contributed by atoms with van der Waals surface area (Å²) in [5.41, 5.74) is 6.07. The van der Waals surface area contributed by atoms with Gasteiger partial charge in [-0.3, -0.25) is 0 Å². The van der Waals surface area contributed by atoms with Gasteiger partial charge in [-0.1, -0.05) is 6.92 Å². The first-order chi connectivity index (χ1) is 8.82. The van der Waals surface area contributed by atoms with Crippen molar-refractivity contribution in [3.8, 4) is 0 Å². The molecule has 1 aliphatic rings. The number of hydrogen-bond donors (Lipinski definition) is 2. The molecule has 2 rings (SSSR count). The molecule has 0 aliphatic carbocycles. The van der Waals surface area contributed by atoms with Crippen molar-refractivity contribution in [3.05, 3.63) is 22.7 Å². The minimum atomic E-state index is -3.58. The van der Waals surface area contributed by atoms with E-state index in [0.29, 0.717) is 29.7 Å². The van der Waals surface area contributed by atoms with E-state index in [1.54, 1.807) is 12.1 Å². The van der Waals surface area contributed by atoms with Crippen LogP contribution in [0.2, 0.25) is 0 Å². The first-order valence-corrected chi connectivity index (χ1v) is 8.29. The van der Waals surface area contributed by atoms with Crippen LogP contribution in [0.5, 0.6) is 0 Å². The number of benzene rings is 1. The zero-order valence-electron chi connectivity index (χ0n) is 10.6. The van der Waals surface area contributed by atoms with Crippen LogP contribution in [0.25, 0.3) is 0 Å². The third-order valence-corrected chi connectivity index (χ3v) is 6.25. The van der Waals surface area contributed by atoms with Crippen LogP contribution in [-0.2, 0) is 10.0 Å². The molecule has 2 unspecified atom stereocenters. The van der Waals surface area contributed by atoms with Crippen LogP contribution in [0, 0.1) is 5.92 Å². The molecule has 19 heavy (non-hydrogen) atoms. The van der Waals surface area contributed by atoms with E-state index in [0.717, 1.165) is 0 Å². The van der Waals surface area contributed by atoms with Crippen molar-refractivity contribution in [1.29, 1.82) is 0 Å².